The van der Waals surface area contributed by atoms with Crippen molar-refractivity contribution in [2.45, 2.75) is 0 Å². The zero-order valence-corrected chi connectivity index (χ0v) is 5.47. The van der Waals surface area contributed by atoms with Gasteiger partial charge in [-0.15, -0.1) is 46.4 Å². The summed E-state index contributed by atoms with van der Waals surface area (Å²) in [4.78, 5) is 0. The minimum atomic E-state index is 0. The van der Waals surface area contributed by atoms with Crippen LogP contribution in [0.3, 0.4) is 0 Å². The molecule has 0 rings (SSSR count). The molecule has 0 aromatic heterocycles. The molecule has 0 spiro atoms. The van der Waals surface area contributed by atoms with Gasteiger partial charge in [-0.3, -0.25) is 0 Å². The summed E-state index contributed by atoms with van der Waals surface area (Å²) >= 11 is 0. The molecule has 0 aromatic rings. The summed E-state index contributed by atoms with van der Waals surface area (Å²) in [6, 6.07) is 0. The second-order valence-electron chi connectivity index (χ2n) is 0. The Bertz CT molecular complexity index is 6.00. The number of hydrogen-bond donors (Lipinski definition) is 0. The molecule has 0 radical (unpaired) electrons. The Morgan fingerprint density at radius 1 is 0.750 bits per heavy atom. The molecule has 0 aliphatic heterocycles. The Morgan fingerprint density at radius 2 is 0.750 bits per heavy atom. The zero-order valence-electron chi connectivity index (χ0n) is 1.22. The molecule has 0 saturated heterocycles. The van der Waals surface area contributed by atoms with Crippen molar-refractivity contribution in [3.63, 3.8) is 0 Å². The Labute approximate surface area is 112 Å². The van der Waals surface area contributed by atoms with Crippen LogP contribution in [0, 0.1) is 0 Å². The van der Waals surface area contributed by atoms with Crippen LogP contribution in [-0.4, -0.2) is 68.9 Å². The summed E-state index contributed by atoms with van der Waals surface area (Å²) in [6.07, 6.45) is 0. The molecule has 0 aromatic carbocycles. The maximum absolute atomic E-state index is 0. The van der Waals surface area contributed by atoms with Gasteiger partial charge in [0, 0.05) is 0 Å². The molecule has 0 unspecified atom stereocenters. The summed E-state index contributed by atoms with van der Waals surface area (Å²) in [5.74, 6) is 0. The topological polar surface area (TPSA) is 0 Å². The van der Waals surface area contributed by atoms with Crippen molar-refractivity contribution < 1.29 is 0 Å². The molecule has 26 valence electrons. The molecular weight excluding hydrogens is 328 g/mol. The van der Waals surface area contributed by atoms with E-state index in [9.17, 15) is 0 Å². The van der Waals surface area contributed by atoms with E-state index in [1.54, 1.807) is 0 Å². The molecule has 0 atom stereocenters. The fourth-order valence-electron chi connectivity index (χ4n) is 0. The van der Waals surface area contributed by atoms with Gasteiger partial charge in [-0.25, -0.2) is 0 Å². The quantitative estimate of drug-likeness (QED) is 0.619. The number of rotatable bonds is 0. The average molecular weight is 332 g/mol. The summed E-state index contributed by atoms with van der Waals surface area (Å²) in [7, 11) is 0. The van der Waals surface area contributed by atoms with E-state index in [4.69, 9.17) is 0 Å². The van der Waals surface area contributed by atoms with Gasteiger partial charge >= 0.3 is 68.9 Å². The molecule has 0 amide bonds. The van der Waals surface area contributed by atoms with E-state index in [0.717, 1.165) is 0 Å². The van der Waals surface area contributed by atoms with E-state index in [-0.39, 0.29) is 115 Å². The fraction of sp³-hybridized carbons (Fsp3) is 0. The molecule has 4 heteroatoms. The number of hydrogen-bond acceptors (Lipinski definition) is 0. The first-order valence-corrected chi connectivity index (χ1v) is 0. The SMILES string of the molecule is Br.Br.Cl.[CsH]. The molecule has 0 aliphatic rings. The van der Waals surface area contributed by atoms with E-state index in [2.05, 4.69) is 0 Å². The van der Waals surface area contributed by atoms with Crippen LogP contribution >= 0.6 is 46.4 Å². The van der Waals surface area contributed by atoms with Crippen molar-refractivity contribution in [3.8, 4) is 0 Å². The third-order valence-electron chi connectivity index (χ3n) is 0. The first kappa shape index (κ1) is 26.6. The van der Waals surface area contributed by atoms with E-state index in [1.165, 1.54) is 0 Å². The Balaban J connectivity index is 0. The van der Waals surface area contributed by atoms with Crippen molar-refractivity contribution >= 4 is 115 Å². The van der Waals surface area contributed by atoms with Gasteiger partial charge in [0.25, 0.3) is 0 Å². The normalized spacial score (nSPS) is 0. The molecule has 0 aliphatic carbocycles. The summed E-state index contributed by atoms with van der Waals surface area (Å²) in [5, 5.41) is 0. The molecule has 0 saturated carbocycles. The van der Waals surface area contributed by atoms with Gasteiger partial charge in [-0.05, 0) is 0 Å². The minimum absolute atomic E-state index is 0. The van der Waals surface area contributed by atoms with Crippen molar-refractivity contribution in [1.29, 1.82) is 0 Å². The molecule has 0 bridgehead atoms. The molecule has 0 N–H and O–H groups in total. The van der Waals surface area contributed by atoms with Gasteiger partial charge in [0.2, 0.25) is 0 Å². The van der Waals surface area contributed by atoms with E-state index in [0.29, 0.717) is 0 Å². The van der Waals surface area contributed by atoms with Crippen LogP contribution < -0.4 is 0 Å². The Hall–Kier alpha value is 3.30. The maximum atomic E-state index is 0. The molecule has 0 fully saturated rings. The molecular formula is H4Br2ClCs. The van der Waals surface area contributed by atoms with Crippen LogP contribution in [0.4, 0.5) is 0 Å². The monoisotopic (exact) mass is 330 g/mol. The van der Waals surface area contributed by atoms with Crippen LogP contribution in [0.5, 0.6) is 0 Å². The molecule has 4 heavy (non-hydrogen) atoms. The second-order valence-corrected chi connectivity index (χ2v) is 0. The van der Waals surface area contributed by atoms with Crippen molar-refractivity contribution in [2.75, 3.05) is 0 Å². The van der Waals surface area contributed by atoms with E-state index in [1.807, 2.05) is 0 Å². The van der Waals surface area contributed by atoms with E-state index >= 15 is 0 Å². The third kappa shape index (κ3) is 9.00. The Morgan fingerprint density at radius 3 is 0.750 bits per heavy atom. The molecule has 0 heterocycles. The Kier molecular flexibility index (Phi) is 108. The van der Waals surface area contributed by atoms with Gasteiger partial charge in [-0.1, -0.05) is 0 Å². The van der Waals surface area contributed by atoms with Crippen molar-refractivity contribution in [3.05, 3.63) is 0 Å². The summed E-state index contributed by atoms with van der Waals surface area (Å²) < 4.78 is 0. The third-order valence-corrected chi connectivity index (χ3v) is 0. The van der Waals surface area contributed by atoms with Gasteiger partial charge in [0.1, 0.15) is 0 Å². The summed E-state index contributed by atoms with van der Waals surface area (Å²) in [6.45, 7) is 0. The first-order valence-electron chi connectivity index (χ1n) is 0. The van der Waals surface area contributed by atoms with Crippen molar-refractivity contribution in [1.82, 2.24) is 0 Å². The van der Waals surface area contributed by atoms with Crippen LogP contribution in [0.25, 0.3) is 0 Å². The van der Waals surface area contributed by atoms with Crippen LogP contribution in [0.2, 0.25) is 0 Å². The average Bonchev–Trinajstić information content (AvgIpc) is 0. The van der Waals surface area contributed by atoms with Gasteiger partial charge < -0.3 is 0 Å². The van der Waals surface area contributed by atoms with Crippen LogP contribution in [-0.2, 0) is 0 Å². The standard InChI is InChI=1S/2BrH.ClH.Cs.H/h3*1H;;. The van der Waals surface area contributed by atoms with Gasteiger partial charge in [-0.2, -0.15) is 0 Å². The first-order chi connectivity index (χ1) is 0. The number of halogens is 3. The fourth-order valence-corrected chi connectivity index (χ4v) is 0. The van der Waals surface area contributed by atoms with Gasteiger partial charge in [0.15, 0.2) is 0 Å². The van der Waals surface area contributed by atoms with Crippen LogP contribution in [0.1, 0.15) is 0 Å². The van der Waals surface area contributed by atoms with E-state index < -0.39 is 0 Å². The summed E-state index contributed by atoms with van der Waals surface area (Å²) in [5.41, 5.74) is 0. The molecule has 0 nitrogen and oxygen atoms in total. The predicted octanol–water partition coefficient (Wildman–Crippen LogP) is 0.929. The predicted molar refractivity (Wildman–Crippen MR) is 35.0 cm³/mol. The van der Waals surface area contributed by atoms with Gasteiger partial charge in [0.05, 0.1) is 0 Å². The second kappa shape index (κ2) is 16.2. The van der Waals surface area contributed by atoms with Crippen LogP contribution in [0.15, 0.2) is 0 Å². The zero-order chi connectivity index (χ0) is 0. The van der Waals surface area contributed by atoms with Crippen molar-refractivity contribution in [2.24, 2.45) is 0 Å².